The van der Waals surface area contributed by atoms with Crippen LogP contribution in [-0.4, -0.2) is 34.5 Å². The first-order valence-electron chi connectivity index (χ1n) is 7.46. The number of hydrogen-bond donors (Lipinski definition) is 4. The number of carbonyl (C=O) groups excluding carboxylic acids is 1. The Morgan fingerprint density at radius 1 is 1.26 bits per heavy atom. The van der Waals surface area contributed by atoms with E-state index in [9.17, 15) is 9.90 Å². The van der Waals surface area contributed by atoms with Gasteiger partial charge in [-0.15, -0.1) is 0 Å². The molecular formula is C17H23NO5. The van der Waals surface area contributed by atoms with E-state index in [-0.39, 0.29) is 13.2 Å². The molecule has 1 amide bonds. The molecule has 6 heteroatoms. The molecule has 1 aromatic rings. The fourth-order valence-corrected chi connectivity index (χ4v) is 1.90. The van der Waals surface area contributed by atoms with Crippen molar-refractivity contribution in [3.8, 4) is 5.75 Å². The first-order valence-corrected chi connectivity index (χ1v) is 7.46. The minimum Gasteiger partial charge on any atom is -0.491 e. The molecular weight excluding hydrogens is 298 g/mol. The first kappa shape index (κ1) is 18.9. The lowest BCUT2D eigenvalue weighted by molar-refractivity contribution is -0.124. The maximum atomic E-state index is 10.7. The van der Waals surface area contributed by atoms with Gasteiger partial charge in [-0.1, -0.05) is 30.4 Å². The summed E-state index contributed by atoms with van der Waals surface area (Å²) in [6.07, 6.45) is 8.03. The predicted octanol–water partition coefficient (Wildman–Crippen LogP) is 1.88. The fraction of sp³-hybridized carbons (Fsp3) is 0.353. The van der Waals surface area contributed by atoms with Gasteiger partial charge in [-0.05, 0) is 37.0 Å². The largest absolute Gasteiger partial charge is 0.491 e. The zero-order valence-corrected chi connectivity index (χ0v) is 12.9. The van der Waals surface area contributed by atoms with Crippen LogP contribution in [0.25, 0.3) is 0 Å². The Morgan fingerprint density at radius 3 is 2.65 bits per heavy atom. The highest BCUT2D eigenvalue weighted by Gasteiger charge is 2.06. The van der Waals surface area contributed by atoms with E-state index in [4.69, 9.17) is 15.1 Å². The molecule has 0 aromatic heterocycles. The molecule has 0 aliphatic carbocycles. The number of aliphatic hydroxyl groups excluding tert-OH is 2. The number of unbranched alkanes of at least 4 members (excludes halogenated alkanes) is 1. The van der Waals surface area contributed by atoms with Gasteiger partial charge < -0.3 is 14.9 Å². The molecule has 0 saturated carbocycles. The molecule has 6 nitrogen and oxygen atoms in total. The summed E-state index contributed by atoms with van der Waals surface area (Å²) in [4.78, 5) is 10.7. The molecule has 1 rings (SSSR count). The van der Waals surface area contributed by atoms with Gasteiger partial charge in [0.05, 0.1) is 12.7 Å². The smallest absolute Gasteiger partial charge is 0.267 e. The van der Waals surface area contributed by atoms with Crippen LogP contribution in [-0.2, 0) is 4.79 Å². The van der Waals surface area contributed by atoms with Gasteiger partial charge in [0, 0.05) is 6.08 Å². The van der Waals surface area contributed by atoms with E-state index in [0.717, 1.165) is 18.4 Å². The van der Waals surface area contributed by atoms with Crippen molar-refractivity contribution in [2.75, 3.05) is 13.2 Å². The van der Waals surface area contributed by atoms with E-state index in [2.05, 4.69) is 0 Å². The van der Waals surface area contributed by atoms with E-state index in [1.807, 2.05) is 18.2 Å². The topological polar surface area (TPSA) is 99.0 Å². The molecule has 126 valence electrons. The van der Waals surface area contributed by atoms with E-state index < -0.39 is 12.0 Å². The monoisotopic (exact) mass is 321 g/mol. The number of allylic oxidation sites excluding steroid dienone is 3. The highest BCUT2D eigenvalue weighted by molar-refractivity contribution is 5.86. The zero-order valence-electron chi connectivity index (χ0n) is 12.9. The second-order valence-electron chi connectivity index (χ2n) is 4.85. The van der Waals surface area contributed by atoms with Crippen LogP contribution in [0.2, 0.25) is 0 Å². The quantitative estimate of drug-likeness (QED) is 0.173. The molecule has 1 atom stereocenters. The molecule has 0 heterocycles. The third kappa shape index (κ3) is 8.15. The lowest BCUT2D eigenvalue weighted by atomic mass is 10.0. The number of hydrogen-bond acceptors (Lipinski definition) is 5. The fourth-order valence-electron chi connectivity index (χ4n) is 1.90. The SMILES string of the molecule is O=C(/C=C/C=C/CCC[C@H](O)c1ccc(OCCO)cc1)NO. The minimum atomic E-state index is -0.573. The second-order valence-corrected chi connectivity index (χ2v) is 4.85. The summed E-state index contributed by atoms with van der Waals surface area (Å²) in [5.41, 5.74) is 2.33. The molecule has 0 fully saturated rings. The maximum Gasteiger partial charge on any atom is 0.267 e. The lowest BCUT2D eigenvalue weighted by Crippen LogP contribution is -2.14. The van der Waals surface area contributed by atoms with Crippen molar-refractivity contribution in [2.24, 2.45) is 0 Å². The molecule has 1 aromatic carbocycles. The van der Waals surface area contributed by atoms with Crippen molar-refractivity contribution >= 4 is 5.91 Å². The van der Waals surface area contributed by atoms with Crippen LogP contribution in [0.15, 0.2) is 48.6 Å². The first-order chi connectivity index (χ1) is 11.2. The van der Waals surface area contributed by atoms with Crippen LogP contribution in [0.1, 0.15) is 30.9 Å². The van der Waals surface area contributed by atoms with Gasteiger partial charge in [-0.2, -0.15) is 0 Å². The number of carbonyl (C=O) groups is 1. The Kier molecular flexibility index (Phi) is 9.38. The van der Waals surface area contributed by atoms with Gasteiger partial charge in [-0.3, -0.25) is 10.0 Å². The van der Waals surface area contributed by atoms with E-state index in [1.165, 1.54) is 17.6 Å². The Hall–Kier alpha value is -2.15. The number of hydroxylamine groups is 1. The van der Waals surface area contributed by atoms with Crippen molar-refractivity contribution in [3.63, 3.8) is 0 Å². The van der Waals surface area contributed by atoms with Gasteiger partial charge >= 0.3 is 0 Å². The minimum absolute atomic E-state index is 0.0300. The number of ether oxygens (including phenoxy) is 1. The summed E-state index contributed by atoms with van der Waals surface area (Å²) in [5, 5.41) is 27.1. The third-order valence-corrected chi connectivity index (χ3v) is 3.08. The summed E-state index contributed by atoms with van der Waals surface area (Å²) < 4.78 is 5.26. The van der Waals surface area contributed by atoms with E-state index in [0.29, 0.717) is 12.2 Å². The highest BCUT2D eigenvalue weighted by Crippen LogP contribution is 2.22. The molecule has 0 radical (unpaired) electrons. The summed E-state index contributed by atoms with van der Waals surface area (Å²) in [6, 6.07) is 7.16. The van der Waals surface area contributed by atoms with E-state index >= 15 is 0 Å². The normalized spacial score (nSPS) is 12.7. The number of aliphatic hydroxyl groups is 2. The molecule has 4 N–H and O–H groups in total. The van der Waals surface area contributed by atoms with Crippen molar-refractivity contribution < 1.29 is 25.0 Å². The molecule has 0 bridgehead atoms. The van der Waals surface area contributed by atoms with Crippen LogP contribution in [0.3, 0.4) is 0 Å². The Morgan fingerprint density at radius 2 is 2.00 bits per heavy atom. The molecule has 0 saturated heterocycles. The van der Waals surface area contributed by atoms with Crippen molar-refractivity contribution in [1.29, 1.82) is 0 Å². The standard InChI is InChI=1S/C17H23NO5/c19-12-13-23-15-10-8-14(9-11-15)16(20)6-4-2-1-3-5-7-17(21)18-22/h1,3,5,7-11,16,19-20,22H,2,4,6,12-13H2,(H,18,21)/b3-1+,7-5+/t16-/m0/s1. The van der Waals surface area contributed by atoms with Crippen molar-refractivity contribution in [1.82, 2.24) is 5.48 Å². The third-order valence-electron chi connectivity index (χ3n) is 3.08. The number of amides is 1. The maximum absolute atomic E-state index is 10.7. The van der Waals surface area contributed by atoms with Crippen LogP contribution in [0, 0.1) is 0 Å². The summed E-state index contributed by atoms with van der Waals surface area (Å²) >= 11 is 0. The number of nitrogens with one attached hydrogen (secondary N) is 1. The molecule has 23 heavy (non-hydrogen) atoms. The van der Waals surface area contributed by atoms with Crippen LogP contribution < -0.4 is 10.2 Å². The van der Waals surface area contributed by atoms with Gasteiger partial charge in [-0.25, -0.2) is 5.48 Å². The summed E-state index contributed by atoms with van der Waals surface area (Å²) in [5.74, 6) is 0.0909. The van der Waals surface area contributed by atoms with Crippen LogP contribution in [0.5, 0.6) is 5.75 Å². The highest BCUT2D eigenvalue weighted by atomic mass is 16.5. The predicted molar refractivity (Wildman–Crippen MR) is 86.0 cm³/mol. The van der Waals surface area contributed by atoms with Gasteiger partial charge in [0.1, 0.15) is 12.4 Å². The Bertz CT molecular complexity index is 510. The van der Waals surface area contributed by atoms with Gasteiger partial charge in [0.25, 0.3) is 5.91 Å². The Balaban J connectivity index is 2.28. The lowest BCUT2D eigenvalue weighted by Gasteiger charge is -2.11. The van der Waals surface area contributed by atoms with Crippen LogP contribution >= 0.6 is 0 Å². The number of rotatable bonds is 10. The Labute approximate surface area is 135 Å². The molecule has 0 aliphatic rings. The summed E-state index contributed by atoms with van der Waals surface area (Å²) in [7, 11) is 0. The second kappa shape index (κ2) is 11.4. The average Bonchev–Trinajstić information content (AvgIpc) is 2.59. The van der Waals surface area contributed by atoms with E-state index in [1.54, 1.807) is 18.2 Å². The zero-order chi connectivity index (χ0) is 16.9. The van der Waals surface area contributed by atoms with Gasteiger partial charge in [0.2, 0.25) is 0 Å². The molecule has 0 unspecified atom stereocenters. The number of benzene rings is 1. The van der Waals surface area contributed by atoms with Gasteiger partial charge in [0.15, 0.2) is 0 Å². The average molecular weight is 321 g/mol. The summed E-state index contributed by atoms with van der Waals surface area (Å²) in [6.45, 7) is 0.223. The van der Waals surface area contributed by atoms with Crippen LogP contribution in [0.4, 0.5) is 0 Å². The molecule has 0 aliphatic heterocycles. The van der Waals surface area contributed by atoms with Crippen molar-refractivity contribution in [3.05, 3.63) is 54.1 Å². The van der Waals surface area contributed by atoms with Crippen molar-refractivity contribution in [2.45, 2.75) is 25.4 Å². The molecule has 0 spiro atoms.